The first-order valence-corrected chi connectivity index (χ1v) is 12.4. The molecule has 0 spiro atoms. The maximum Gasteiger partial charge on any atom is 0.285 e. The van der Waals surface area contributed by atoms with Gasteiger partial charge in [-0.3, -0.25) is 4.79 Å². The average Bonchev–Trinajstić information content (AvgIpc) is 3.29. The van der Waals surface area contributed by atoms with Crippen LogP contribution in [-0.2, 0) is 14.8 Å². The zero-order valence-electron chi connectivity index (χ0n) is 18.5. The SMILES string of the molecule is Cc1cc(C)n(-c2ccccc2NC(=O)C2CCN(C3=NS(=O)(=O)c4ccccc43)CC2)n1. The van der Waals surface area contributed by atoms with Crippen LogP contribution in [0.5, 0.6) is 0 Å². The number of piperidine rings is 1. The zero-order chi connectivity index (χ0) is 23.2. The molecule has 2 aromatic carbocycles. The molecule has 2 aliphatic rings. The number of anilines is 1. The van der Waals surface area contributed by atoms with Crippen molar-refractivity contribution in [3.05, 3.63) is 71.5 Å². The lowest BCUT2D eigenvalue weighted by Gasteiger charge is -2.32. The number of nitrogens with one attached hydrogen (secondary N) is 1. The van der Waals surface area contributed by atoms with Crippen LogP contribution in [0.1, 0.15) is 29.8 Å². The second-order valence-electron chi connectivity index (χ2n) is 8.49. The van der Waals surface area contributed by atoms with E-state index in [1.54, 1.807) is 18.2 Å². The van der Waals surface area contributed by atoms with E-state index in [1.165, 1.54) is 0 Å². The van der Waals surface area contributed by atoms with E-state index in [1.807, 2.05) is 59.8 Å². The highest BCUT2D eigenvalue weighted by molar-refractivity contribution is 7.90. The molecule has 33 heavy (non-hydrogen) atoms. The lowest BCUT2D eigenvalue weighted by Crippen LogP contribution is -2.41. The van der Waals surface area contributed by atoms with Crippen molar-refractivity contribution in [1.29, 1.82) is 0 Å². The van der Waals surface area contributed by atoms with Crippen LogP contribution in [0, 0.1) is 19.8 Å². The number of sulfonamides is 1. The van der Waals surface area contributed by atoms with Crippen LogP contribution >= 0.6 is 0 Å². The fourth-order valence-electron chi connectivity index (χ4n) is 4.54. The molecule has 0 bridgehead atoms. The number of carbonyl (C=O) groups excluding carboxylic acids is 1. The third-order valence-electron chi connectivity index (χ3n) is 6.18. The third-order valence-corrected chi connectivity index (χ3v) is 7.50. The Balaban J connectivity index is 1.29. The third kappa shape index (κ3) is 3.93. The number of hydrogen-bond donors (Lipinski definition) is 1. The van der Waals surface area contributed by atoms with Gasteiger partial charge in [0.1, 0.15) is 4.90 Å². The largest absolute Gasteiger partial charge is 0.355 e. The maximum absolute atomic E-state index is 13.1. The van der Waals surface area contributed by atoms with Gasteiger partial charge < -0.3 is 10.2 Å². The molecule has 1 saturated heterocycles. The van der Waals surface area contributed by atoms with Crippen molar-refractivity contribution in [3.63, 3.8) is 0 Å². The highest BCUT2D eigenvalue weighted by Gasteiger charge is 2.34. The van der Waals surface area contributed by atoms with Crippen molar-refractivity contribution in [1.82, 2.24) is 14.7 Å². The summed E-state index contributed by atoms with van der Waals surface area (Å²) >= 11 is 0. The Morgan fingerprint density at radius 3 is 2.45 bits per heavy atom. The molecule has 1 fully saturated rings. The molecule has 0 unspecified atom stereocenters. The van der Waals surface area contributed by atoms with Crippen LogP contribution in [0.2, 0.25) is 0 Å². The minimum absolute atomic E-state index is 0.0370. The standard InChI is InChI=1S/C24H25N5O3S/c1-16-15-17(2)29(26-16)21-9-5-4-8-20(21)25-24(30)18-11-13-28(14-12-18)23-19-7-3-6-10-22(19)33(31,32)27-23/h3-10,15,18H,11-14H2,1-2H3,(H,25,30). The van der Waals surface area contributed by atoms with Gasteiger partial charge in [-0.2, -0.15) is 13.5 Å². The molecular formula is C24H25N5O3S. The van der Waals surface area contributed by atoms with Gasteiger partial charge in [0.05, 0.1) is 17.1 Å². The number of fused-ring (bicyclic) bond motifs is 1. The van der Waals surface area contributed by atoms with E-state index < -0.39 is 10.0 Å². The van der Waals surface area contributed by atoms with Crippen molar-refractivity contribution >= 4 is 27.5 Å². The van der Waals surface area contributed by atoms with E-state index in [9.17, 15) is 13.2 Å². The number of hydrogen-bond acceptors (Lipinski definition) is 5. The van der Waals surface area contributed by atoms with Crippen LogP contribution in [0.4, 0.5) is 5.69 Å². The number of amidine groups is 1. The van der Waals surface area contributed by atoms with Gasteiger partial charge >= 0.3 is 0 Å². The van der Waals surface area contributed by atoms with Crippen LogP contribution in [0.25, 0.3) is 5.69 Å². The maximum atomic E-state index is 13.1. The normalized spacial score (nSPS) is 17.5. The molecule has 1 N–H and O–H groups in total. The molecule has 0 aliphatic carbocycles. The van der Waals surface area contributed by atoms with Crippen LogP contribution < -0.4 is 5.32 Å². The van der Waals surface area contributed by atoms with E-state index >= 15 is 0 Å². The van der Waals surface area contributed by atoms with Gasteiger partial charge in [-0.25, -0.2) is 4.68 Å². The summed E-state index contributed by atoms with van der Waals surface area (Å²) < 4.78 is 30.6. The van der Waals surface area contributed by atoms with Gasteiger partial charge in [-0.1, -0.05) is 24.3 Å². The van der Waals surface area contributed by atoms with Crippen molar-refractivity contribution in [2.24, 2.45) is 10.3 Å². The first-order valence-electron chi connectivity index (χ1n) is 11.0. The molecule has 0 radical (unpaired) electrons. The molecule has 5 rings (SSSR count). The summed E-state index contributed by atoms with van der Waals surface area (Å²) in [6, 6.07) is 16.5. The number of aromatic nitrogens is 2. The molecule has 0 atom stereocenters. The molecule has 1 aromatic heterocycles. The Morgan fingerprint density at radius 2 is 1.73 bits per heavy atom. The minimum Gasteiger partial charge on any atom is -0.355 e. The van der Waals surface area contributed by atoms with Crippen molar-refractivity contribution in [2.45, 2.75) is 31.6 Å². The quantitative estimate of drug-likeness (QED) is 0.643. The first kappa shape index (κ1) is 21.4. The Bertz CT molecular complexity index is 1370. The van der Waals surface area contributed by atoms with Crippen molar-refractivity contribution in [2.75, 3.05) is 18.4 Å². The predicted octanol–water partition coefficient (Wildman–Crippen LogP) is 3.29. The summed E-state index contributed by atoms with van der Waals surface area (Å²) in [5.74, 6) is 0.285. The number of aryl methyl sites for hydroxylation is 2. The van der Waals surface area contributed by atoms with Gasteiger partial charge in [0.2, 0.25) is 5.91 Å². The van der Waals surface area contributed by atoms with E-state index in [2.05, 4.69) is 14.8 Å². The number of nitrogens with zero attached hydrogens (tertiary/aromatic N) is 4. The Labute approximate surface area is 193 Å². The van der Waals surface area contributed by atoms with Crippen LogP contribution in [-0.4, -0.2) is 47.9 Å². The lowest BCUT2D eigenvalue weighted by molar-refractivity contribution is -0.120. The molecule has 9 heteroatoms. The Kier molecular flexibility index (Phi) is 5.28. The fraction of sp³-hybridized carbons (Fsp3) is 0.292. The number of likely N-dealkylation sites (tertiary alicyclic amines) is 1. The van der Waals surface area contributed by atoms with Crippen molar-refractivity contribution in [3.8, 4) is 5.69 Å². The summed E-state index contributed by atoms with van der Waals surface area (Å²) in [6.07, 6.45) is 1.24. The van der Waals surface area contributed by atoms with E-state index in [4.69, 9.17) is 0 Å². The topological polar surface area (TPSA) is 96.7 Å². The molecular weight excluding hydrogens is 438 g/mol. The Morgan fingerprint density at radius 1 is 1.03 bits per heavy atom. The molecule has 3 aromatic rings. The number of carbonyl (C=O) groups is 1. The molecule has 1 amide bonds. The highest BCUT2D eigenvalue weighted by Crippen LogP contribution is 2.30. The second-order valence-corrected chi connectivity index (χ2v) is 10.1. The molecule has 3 heterocycles. The average molecular weight is 464 g/mol. The number of para-hydroxylation sites is 2. The summed E-state index contributed by atoms with van der Waals surface area (Å²) in [7, 11) is -3.65. The summed E-state index contributed by atoms with van der Waals surface area (Å²) in [4.78, 5) is 15.3. The van der Waals surface area contributed by atoms with E-state index in [0.717, 1.165) is 22.8 Å². The fourth-order valence-corrected chi connectivity index (χ4v) is 5.77. The number of rotatable bonds is 3. The smallest absolute Gasteiger partial charge is 0.285 e. The van der Waals surface area contributed by atoms with Crippen molar-refractivity contribution < 1.29 is 13.2 Å². The van der Waals surface area contributed by atoms with Crippen LogP contribution in [0.3, 0.4) is 0 Å². The van der Waals surface area contributed by atoms with Crippen LogP contribution in [0.15, 0.2) is 63.9 Å². The lowest BCUT2D eigenvalue weighted by atomic mass is 9.95. The van der Waals surface area contributed by atoms with Gasteiger partial charge in [-0.15, -0.1) is 4.40 Å². The minimum atomic E-state index is -3.65. The monoisotopic (exact) mass is 463 g/mol. The molecule has 0 saturated carbocycles. The number of amides is 1. The summed E-state index contributed by atoms with van der Waals surface area (Å²) in [5, 5.41) is 7.63. The van der Waals surface area contributed by atoms with Gasteiger partial charge in [-0.05, 0) is 57.0 Å². The zero-order valence-corrected chi connectivity index (χ0v) is 19.3. The second kappa shape index (κ2) is 8.15. The summed E-state index contributed by atoms with van der Waals surface area (Å²) in [5.41, 5.74) is 4.10. The molecule has 170 valence electrons. The number of benzene rings is 2. The van der Waals surface area contributed by atoms with E-state index in [0.29, 0.717) is 37.3 Å². The Hall–Kier alpha value is -3.46. The van der Waals surface area contributed by atoms with Gasteiger partial charge in [0.25, 0.3) is 10.0 Å². The summed E-state index contributed by atoms with van der Waals surface area (Å²) in [6.45, 7) is 5.06. The van der Waals surface area contributed by atoms with Gasteiger partial charge in [0.15, 0.2) is 5.84 Å². The molecule has 2 aliphatic heterocycles. The highest BCUT2D eigenvalue weighted by atomic mass is 32.2. The van der Waals surface area contributed by atoms with E-state index in [-0.39, 0.29) is 16.7 Å². The van der Waals surface area contributed by atoms with Gasteiger partial charge in [0, 0.05) is 30.3 Å². The predicted molar refractivity (Wildman–Crippen MR) is 126 cm³/mol. The first-order chi connectivity index (χ1) is 15.8. The molecule has 8 nitrogen and oxygen atoms in total.